The number of carbonyl (C=O) groups is 1. The first-order valence-electron chi connectivity index (χ1n) is 10.1. The second kappa shape index (κ2) is 8.55. The number of likely N-dealkylation sites (tertiary alicyclic amines) is 1. The SMILES string of the molecule is O=C(OC1CCCC1)N1CCCC1c1nc(CCCc2ccccc2)no1. The molecule has 1 amide bonds. The first-order valence-corrected chi connectivity index (χ1v) is 10.1. The quantitative estimate of drug-likeness (QED) is 0.752. The van der Waals surface area contributed by atoms with Crippen LogP contribution < -0.4 is 0 Å². The van der Waals surface area contributed by atoms with Gasteiger partial charge in [0.1, 0.15) is 12.1 Å². The van der Waals surface area contributed by atoms with E-state index in [1.807, 2.05) is 6.07 Å². The number of nitrogens with zero attached hydrogens (tertiary/aromatic N) is 3. The van der Waals surface area contributed by atoms with Gasteiger partial charge in [0.15, 0.2) is 5.82 Å². The van der Waals surface area contributed by atoms with Crippen molar-refractivity contribution in [3.8, 4) is 0 Å². The van der Waals surface area contributed by atoms with Crippen LogP contribution in [0.25, 0.3) is 0 Å². The van der Waals surface area contributed by atoms with E-state index in [0.29, 0.717) is 12.4 Å². The standard InChI is InChI=1S/C21H27N3O3/c25-21(26-17-11-4-5-12-17)24-15-7-13-18(24)20-22-19(23-27-20)14-6-10-16-8-2-1-3-9-16/h1-3,8-9,17-18H,4-7,10-15H2. The van der Waals surface area contributed by atoms with Crippen LogP contribution in [0.15, 0.2) is 34.9 Å². The molecule has 1 aliphatic heterocycles. The third-order valence-corrected chi connectivity index (χ3v) is 5.53. The van der Waals surface area contributed by atoms with Crippen LogP contribution in [0.3, 0.4) is 0 Å². The molecule has 1 saturated carbocycles. The van der Waals surface area contributed by atoms with Crippen LogP contribution in [0.5, 0.6) is 0 Å². The predicted octanol–water partition coefficient (Wildman–Crippen LogP) is 4.46. The molecule has 6 nitrogen and oxygen atoms in total. The van der Waals surface area contributed by atoms with E-state index in [0.717, 1.165) is 63.6 Å². The van der Waals surface area contributed by atoms with Crippen LogP contribution in [0.2, 0.25) is 0 Å². The molecule has 2 aromatic rings. The number of ether oxygens (including phenoxy) is 1. The number of aryl methyl sites for hydroxylation is 2. The number of rotatable bonds is 6. The van der Waals surface area contributed by atoms with Crippen molar-refractivity contribution in [3.05, 3.63) is 47.6 Å². The fourth-order valence-corrected chi connectivity index (χ4v) is 4.06. The van der Waals surface area contributed by atoms with Gasteiger partial charge in [-0.25, -0.2) is 4.79 Å². The lowest BCUT2D eigenvalue weighted by atomic mass is 10.1. The summed E-state index contributed by atoms with van der Waals surface area (Å²) in [4.78, 5) is 18.9. The van der Waals surface area contributed by atoms with Crippen LogP contribution in [-0.2, 0) is 17.6 Å². The van der Waals surface area contributed by atoms with Gasteiger partial charge in [0, 0.05) is 13.0 Å². The first kappa shape index (κ1) is 18.0. The topological polar surface area (TPSA) is 68.5 Å². The highest BCUT2D eigenvalue weighted by molar-refractivity contribution is 5.68. The number of hydrogen-bond donors (Lipinski definition) is 0. The summed E-state index contributed by atoms with van der Waals surface area (Å²) in [6, 6.07) is 10.3. The van der Waals surface area contributed by atoms with E-state index < -0.39 is 0 Å². The summed E-state index contributed by atoms with van der Waals surface area (Å²) in [6.45, 7) is 0.696. The lowest BCUT2D eigenvalue weighted by Crippen LogP contribution is -2.33. The third-order valence-electron chi connectivity index (χ3n) is 5.53. The van der Waals surface area contributed by atoms with Gasteiger partial charge in [-0.15, -0.1) is 0 Å². The smallest absolute Gasteiger partial charge is 0.410 e. The van der Waals surface area contributed by atoms with Crippen LogP contribution >= 0.6 is 0 Å². The summed E-state index contributed by atoms with van der Waals surface area (Å²) in [5, 5.41) is 4.12. The minimum Gasteiger partial charge on any atom is -0.446 e. The third kappa shape index (κ3) is 4.49. The van der Waals surface area contributed by atoms with Gasteiger partial charge in [-0.05, 0) is 56.9 Å². The summed E-state index contributed by atoms with van der Waals surface area (Å²) >= 11 is 0. The lowest BCUT2D eigenvalue weighted by Gasteiger charge is -2.23. The molecule has 0 bridgehead atoms. The molecule has 0 N–H and O–H groups in total. The highest BCUT2D eigenvalue weighted by Crippen LogP contribution is 2.32. The summed E-state index contributed by atoms with van der Waals surface area (Å²) in [5.41, 5.74) is 1.32. The van der Waals surface area contributed by atoms with Crippen molar-refractivity contribution < 1.29 is 14.1 Å². The van der Waals surface area contributed by atoms with Gasteiger partial charge < -0.3 is 9.26 Å². The zero-order chi connectivity index (χ0) is 18.5. The molecule has 1 aromatic heterocycles. The van der Waals surface area contributed by atoms with Gasteiger partial charge in [-0.3, -0.25) is 4.90 Å². The molecule has 1 atom stereocenters. The molecule has 144 valence electrons. The maximum Gasteiger partial charge on any atom is 0.410 e. The second-order valence-corrected chi connectivity index (χ2v) is 7.53. The van der Waals surface area contributed by atoms with Crippen LogP contribution in [0.1, 0.15) is 68.3 Å². The van der Waals surface area contributed by atoms with Crippen LogP contribution in [-0.4, -0.2) is 33.8 Å². The Labute approximate surface area is 159 Å². The maximum absolute atomic E-state index is 12.5. The Balaban J connectivity index is 1.31. The van der Waals surface area contributed by atoms with Crippen molar-refractivity contribution >= 4 is 6.09 Å². The molecular formula is C21H27N3O3. The molecule has 2 aliphatic rings. The van der Waals surface area contributed by atoms with E-state index in [-0.39, 0.29) is 18.2 Å². The summed E-state index contributed by atoms with van der Waals surface area (Å²) in [7, 11) is 0. The normalized spacial score (nSPS) is 20.3. The monoisotopic (exact) mass is 369 g/mol. The Hall–Kier alpha value is -2.37. The number of aromatic nitrogens is 2. The van der Waals surface area contributed by atoms with Gasteiger partial charge in [0.25, 0.3) is 0 Å². The van der Waals surface area contributed by atoms with Gasteiger partial charge in [-0.1, -0.05) is 35.5 Å². The molecule has 2 heterocycles. The lowest BCUT2D eigenvalue weighted by molar-refractivity contribution is 0.0581. The molecular weight excluding hydrogens is 342 g/mol. The molecule has 0 radical (unpaired) electrons. The number of benzene rings is 1. The van der Waals surface area contributed by atoms with Crippen molar-refractivity contribution in [1.29, 1.82) is 0 Å². The predicted molar refractivity (Wildman–Crippen MR) is 100 cm³/mol. The van der Waals surface area contributed by atoms with Crippen molar-refractivity contribution in [1.82, 2.24) is 15.0 Å². The molecule has 1 saturated heterocycles. The van der Waals surface area contributed by atoms with E-state index in [1.54, 1.807) is 4.90 Å². The molecule has 4 rings (SSSR count). The van der Waals surface area contributed by atoms with Gasteiger partial charge in [0.2, 0.25) is 5.89 Å². The van der Waals surface area contributed by atoms with E-state index in [9.17, 15) is 4.79 Å². The van der Waals surface area contributed by atoms with Crippen LogP contribution in [0, 0.1) is 0 Å². The molecule has 1 unspecified atom stereocenters. The Bertz CT molecular complexity index is 740. The van der Waals surface area contributed by atoms with Crippen molar-refractivity contribution in [2.24, 2.45) is 0 Å². The Morgan fingerprint density at radius 2 is 1.93 bits per heavy atom. The van der Waals surface area contributed by atoms with Crippen molar-refractivity contribution in [2.45, 2.75) is 69.9 Å². The average Bonchev–Trinajstić information content (AvgIpc) is 3.44. The molecule has 1 aromatic carbocycles. The minimum atomic E-state index is -0.228. The second-order valence-electron chi connectivity index (χ2n) is 7.53. The Morgan fingerprint density at radius 3 is 2.74 bits per heavy atom. The van der Waals surface area contributed by atoms with Crippen molar-refractivity contribution in [3.63, 3.8) is 0 Å². The Kier molecular flexibility index (Phi) is 5.70. The zero-order valence-electron chi connectivity index (χ0n) is 15.7. The van der Waals surface area contributed by atoms with Crippen LogP contribution in [0.4, 0.5) is 4.79 Å². The van der Waals surface area contributed by atoms with E-state index in [1.165, 1.54) is 5.56 Å². The fraction of sp³-hybridized carbons (Fsp3) is 0.571. The largest absolute Gasteiger partial charge is 0.446 e. The maximum atomic E-state index is 12.5. The minimum absolute atomic E-state index is 0.0787. The molecule has 27 heavy (non-hydrogen) atoms. The average molecular weight is 369 g/mol. The molecule has 1 aliphatic carbocycles. The van der Waals surface area contributed by atoms with E-state index >= 15 is 0 Å². The fourth-order valence-electron chi connectivity index (χ4n) is 4.06. The molecule has 6 heteroatoms. The zero-order valence-corrected chi connectivity index (χ0v) is 15.7. The summed E-state index contributed by atoms with van der Waals surface area (Å²) in [5.74, 6) is 1.27. The Morgan fingerprint density at radius 1 is 1.11 bits per heavy atom. The number of hydrogen-bond acceptors (Lipinski definition) is 5. The number of amides is 1. The first-order chi connectivity index (χ1) is 13.3. The summed E-state index contributed by atoms with van der Waals surface area (Å²) in [6.07, 6.45) is 8.65. The van der Waals surface area contributed by atoms with Gasteiger partial charge in [-0.2, -0.15) is 4.98 Å². The molecule has 0 spiro atoms. The highest BCUT2D eigenvalue weighted by atomic mass is 16.6. The van der Waals surface area contributed by atoms with Gasteiger partial charge >= 0.3 is 6.09 Å². The highest BCUT2D eigenvalue weighted by Gasteiger charge is 2.36. The molecule has 2 fully saturated rings. The van der Waals surface area contributed by atoms with E-state index in [4.69, 9.17) is 9.26 Å². The number of carbonyl (C=O) groups excluding carboxylic acids is 1. The van der Waals surface area contributed by atoms with Gasteiger partial charge in [0.05, 0.1) is 0 Å². The van der Waals surface area contributed by atoms with E-state index in [2.05, 4.69) is 34.4 Å². The summed E-state index contributed by atoms with van der Waals surface area (Å²) < 4.78 is 11.2. The van der Waals surface area contributed by atoms with Crippen molar-refractivity contribution in [2.75, 3.05) is 6.54 Å².